The largest absolute Gasteiger partial charge is 0.256 e. The molecule has 0 radical (unpaired) electrons. The third kappa shape index (κ3) is 4.96. The SMILES string of the molecule is [2H]C([2H])([2H])c1cc(C2([2H])CCC(C)(C)CC2)ccc1-c1ccc(-c2cc(-c3ccccc3)ncc2C([2H])([2H])[2H])c(C([2H])([2H])[2H])c1. The van der Waals surface area contributed by atoms with Crippen LogP contribution in [0, 0.1) is 26.0 Å². The first-order valence-corrected chi connectivity index (χ1v) is 12.1. The predicted molar refractivity (Wildman–Crippen MR) is 150 cm³/mol. The topological polar surface area (TPSA) is 12.9 Å². The fourth-order valence-corrected chi connectivity index (χ4v) is 4.92. The first-order chi connectivity index (χ1) is 20.8. The summed E-state index contributed by atoms with van der Waals surface area (Å²) in [6, 6.07) is 20.5. The van der Waals surface area contributed by atoms with E-state index in [1.54, 1.807) is 36.4 Å². The summed E-state index contributed by atoms with van der Waals surface area (Å²) in [4.78, 5) is 4.38. The zero-order valence-electron chi connectivity index (χ0n) is 30.3. The van der Waals surface area contributed by atoms with Crippen molar-refractivity contribution < 1.29 is 13.7 Å². The van der Waals surface area contributed by atoms with Crippen molar-refractivity contribution in [3.8, 4) is 33.5 Å². The molecule has 0 unspecified atom stereocenters. The second-order valence-electron chi connectivity index (χ2n) is 10.3. The summed E-state index contributed by atoms with van der Waals surface area (Å²) >= 11 is 0. The number of nitrogens with zero attached hydrogens (tertiary/aromatic N) is 1. The summed E-state index contributed by atoms with van der Waals surface area (Å²) < 4.78 is 83.9. The van der Waals surface area contributed by atoms with Crippen LogP contribution in [-0.2, 0) is 0 Å². The zero-order chi connectivity index (χ0) is 33.0. The molecular weight excluding hydrogens is 422 g/mol. The fraction of sp³-hybridized carbons (Fsp3) is 0.324. The second kappa shape index (κ2) is 9.46. The van der Waals surface area contributed by atoms with Gasteiger partial charge in [-0.05, 0) is 108 Å². The first-order valence-electron chi connectivity index (χ1n) is 17.1. The third-order valence-electron chi connectivity index (χ3n) is 7.23. The van der Waals surface area contributed by atoms with Gasteiger partial charge in [0.15, 0.2) is 0 Å². The van der Waals surface area contributed by atoms with Crippen LogP contribution in [0.25, 0.3) is 33.5 Å². The van der Waals surface area contributed by atoms with Crippen LogP contribution in [-0.4, -0.2) is 4.98 Å². The van der Waals surface area contributed by atoms with Crippen LogP contribution < -0.4 is 0 Å². The fourth-order valence-electron chi connectivity index (χ4n) is 4.92. The number of rotatable bonds is 4. The molecule has 1 nitrogen and oxygen atoms in total. The molecule has 1 aliphatic carbocycles. The normalized spacial score (nSPS) is 22.0. The molecule has 35 heavy (non-hydrogen) atoms. The average Bonchev–Trinajstić information content (AvgIpc) is 2.97. The minimum absolute atomic E-state index is 0.0548. The van der Waals surface area contributed by atoms with Crippen molar-refractivity contribution in [1.29, 1.82) is 0 Å². The highest BCUT2D eigenvalue weighted by Crippen LogP contribution is 2.43. The van der Waals surface area contributed by atoms with Gasteiger partial charge in [-0.15, -0.1) is 0 Å². The summed E-state index contributed by atoms with van der Waals surface area (Å²) in [5.41, 5.74) is 3.09. The summed E-state index contributed by atoms with van der Waals surface area (Å²) in [5, 5.41) is 0. The van der Waals surface area contributed by atoms with E-state index in [0.717, 1.165) is 18.4 Å². The summed E-state index contributed by atoms with van der Waals surface area (Å²) in [5.74, 6) is -0.898. The Morgan fingerprint density at radius 1 is 0.743 bits per heavy atom. The van der Waals surface area contributed by atoms with E-state index in [-0.39, 0.29) is 33.2 Å². The molecule has 0 N–H and O–H groups in total. The van der Waals surface area contributed by atoms with E-state index < -0.39 is 26.4 Å². The lowest BCUT2D eigenvalue weighted by molar-refractivity contribution is 0.224. The molecule has 1 fully saturated rings. The van der Waals surface area contributed by atoms with E-state index in [1.807, 2.05) is 30.3 Å². The molecule has 0 amide bonds. The number of aryl methyl sites for hydroxylation is 3. The first kappa shape index (κ1) is 14.4. The maximum atomic E-state index is 9.19. The monoisotopic (exact) mass is 469 g/mol. The van der Waals surface area contributed by atoms with Gasteiger partial charge in [0.05, 0.1) is 5.69 Å². The highest BCUT2D eigenvalue weighted by atomic mass is 14.7. The Hall–Kier alpha value is -3.19. The van der Waals surface area contributed by atoms with Crippen molar-refractivity contribution in [3.63, 3.8) is 0 Å². The van der Waals surface area contributed by atoms with Gasteiger partial charge in [0, 0.05) is 25.5 Å². The van der Waals surface area contributed by atoms with Gasteiger partial charge in [-0.1, -0.05) is 80.6 Å². The number of pyridine rings is 1. The van der Waals surface area contributed by atoms with E-state index in [2.05, 4.69) is 18.8 Å². The smallest absolute Gasteiger partial charge is 0.0708 e. The molecule has 4 aromatic rings. The Balaban J connectivity index is 1.67. The van der Waals surface area contributed by atoms with Crippen LogP contribution in [0.3, 0.4) is 0 Å². The van der Waals surface area contributed by atoms with E-state index in [1.165, 1.54) is 12.3 Å². The summed E-state index contributed by atoms with van der Waals surface area (Å²) in [6.45, 7) is -3.35. The summed E-state index contributed by atoms with van der Waals surface area (Å²) in [6.07, 6.45) is 4.26. The van der Waals surface area contributed by atoms with E-state index in [9.17, 15) is 1.37 Å². The lowest BCUT2D eigenvalue weighted by Gasteiger charge is -2.34. The van der Waals surface area contributed by atoms with Crippen LogP contribution >= 0.6 is 0 Å². The van der Waals surface area contributed by atoms with Crippen molar-refractivity contribution in [3.05, 3.63) is 101 Å². The molecule has 178 valence electrons. The van der Waals surface area contributed by atoms with Gasteiger partial charge in [0.1, 0.15) is 0 Å². The van der Waals surface area contributed by atoms with E-state index in [0.29, 0.717) is 35.2 Å². The lowest BCUT2D eigenvalue weighted by Crippen LogP contribution is -2.20. The van der Waals surface area contributed by atoms with Crippen molar-refractivity contribution >= 4 is 0 Å². The lowest BCUT2D eigenvalue weighted by atomic mass is 9.71. The molecule has 1 heteroatoms. The number of hydrogen-bond donors (Lipinski definition) is 0. The second-order valence-corrected chi connectivity index (χ2v) is 10.3. The molecular formula is C34H37N. The molecule has 0 bridgehead atoms. The molecule has 1 heterocycles. The van der Waals surface area contributed by atoms with E-state index >= 15 is 0 Å². The van der Waals surface area contributed by atoms with Crippen LogP contribution in [0.5, 0.6) is 0 Å². The molecule has 1 saturated carbocycles. The predicted octanol–water partition coefficient (Wildman–Crippen LogP) is 9.69. The van der Waals surface area contributed by atoms with Crippen molar-refractivity contribution in [1.82, 2.24) is 4.98 Å². The van der Waals surface area contributed by atoms with Gasteiger partial charge in [0.25, 0.3) is 0 Å². The maximum Gasteiger partial charge on any atom is 0.0708 e. The van der Waals surface area contributed by atoms with Gasteiger partial charge >= 0.3 is 0 Å². The molecule has 5 rings (SSSR count). The molecule has 1 aliphatic rings. The van der Waals surface area contributed by atoms with Gasteiger partial charge in [-0.25, -0.2) is 0 Å². The van der Waals surface area contributed by atoms with Gasteiger partial charge < -0.3 is 0 Å². The van der Waals surface area contributed by atoms with Crippen molar-refractivity contribution in [2.24, 2.45) is 5.41 Å². The quantitative estimate of drug-likeness (QED) is 0.290. The van der Waals surface area contributed by atoms with Crippen LogP contribution in [0.15, 0.2) is 79.0 Å². The zero-order valence-corrected chi connectivity index (χ0v) is 20.3. The van der Waals surface area contributed by atoms with Gasteiger partial charge in [-0.3, -0.25) is 4.98 Å². The minimum Gasteiger partial charge on any atom is -0.256 e. The standard InChI is InChI=1S/C34H37N/c1-23-19-28(26-15-17-34(4,5)18-16-26)11-13-30(23)29-12-14-31(24(2)20-29)32-21-33(35-22-25(32)3)27-9-7-6-8-10-27/h6-14,19-22,26H,15-18H2,1-5H3/i1D3,2D3,3D3,26D. The third-order valence-corrected chi connectivity index (χ3v) is 7.23. The Bertz CT molecular complexity index is 1690. The molecule has 0 spiro atoms. The maximum absolute atomic E-state index is 9.19. The van der Waals surface area contributed by atoms with Gasteiger partial charge in [-0.2, -0.15) is 0 Å². The Morgan fingerprint density at radius 3 is 2.20 bits per heavy atom. The Labute approximate surface area is 225 Å². The van der Waals surface area contributed by atoms with E-state index in [4.69, 9.17) is 12.3 Å². The Morgan fingerprint density at radius 2 is 1.46 bits per heavy atom. The highest BCUT2D eigenvalue weighted by Gasteiger charge is 2.27. The van der Waals surface area contributed by atoms with Crippen molar-refractivity contribution in [2.45, 2.75) is 66.0 Å². The number of hydrogen-bond acceptors (Lipinski definition) is 1. The molecule has 0 aliphatic heterocycles. The molecule has 0 atom stereocenters. The minimum atomic E-state index is -2.65. The van der Waals surface area contributed by atoms with Crippen molar-refractivity contribution in [2.75, 3.05) is 0 Å². The highest BCUT2D eigenvalue weighted by molar-refractivity contribution is 5.78. The summed E-state index contributed by atoms with van der Waals surface area (Å²) in [7, 11) is 0. The molecule has 1 aromatic heterocycles. The van der Waals surface area contributed by atoms with Crippen LogP contribution in [0.2, 0.25) is 0 Å². The number of benzene rings is 3. The molecule has 0 saturated heterocycles. The van der Waals surface area contributed by atoms with Crippen LogP contribution in [0.4, 0.5) is 0 Å². The van der Waals surface area contributed by atoms with Crippen LogP contribution in [0.1, 0.15) is 81.4 Å². The number of aromatic nitrogens is 1. The average molecular weight is 470 g/mol. The molecule has 3 aromatic carbocycles. The van der Waals surface area contributed by atoms with Gasteiger partial charge in [0.2, 0.25) is 0 Å². The Kier molecular flexibility index (Phi) is 3.89.